The van der Waals surface area contributed by atoms with Crippen molar-refractivity contribution in [1.82, 2.24) is 0 Å². The second kappa shape index (κ2) is 11.7. The summed E-state index contributed by atoms with van der Waals surface area (Å²) < 4.78 is 0. The van der Waals surface area contributed by atoms with E-state index >= 15 is 0 Å². The molecule has 0 radical (unpaired) electrons. The molecule has 0 aliphatic heterocycles. The van der Waals surface area contributed by atoms with Crippen LogP contribution in [0.4, 0.5) is 0 Å². The monoisotopic (exact) mass is 510 g/mol. The van der Waals surface area contributed by atoms with Gasteiger partial charge in [0.05, 0.1) is 23.7 Å². The SMILES string of the molecule is C=C1[C@H](O)CC(=CC=C2CCC[C@]3(C)[C@@H]([C@H](C)C=C[C@@H](O)C4(C(=O)CCCCC)CC4)CC[C@@H]23)C[C@H]1O. The Labute approximate surface area is 224 Å². The molecule has 7 atom stereocenters. The van der Waals surface area contributed by atoms with Crippen molar-refractivity contribution in [2.24, 2.45) is 28.6 Å². The van der Waals surface area contributed by atoms with E-state index in [2.05, 4.69) is 45.6 Å². The number of carbonyl (C=O) groups is 1. The van der Waals surface area contributed by atoms with E-state index in [9.17, 15) is 20.1 Å². The molecule has 4 nitrogen and oxygen atoms in total. The number of allylic oxidation sites excluding steroid dienone is 4. The first kappa shape index (κ1) is 28.5. The second-order valence-corrected chi connectivity index (χ2v) is 12.9. The lowest BCUT2D eigenvalue weighted by atomic mass is 9.61. The molecule has 4 heteroatoms. The van der Waals surface area contributed by atoms with Gasteiger partial charge >= 0.3 is 0 Å². The summed E-state index contributed by atoms with van der Waals surface area (Å²) in [5.74, 6) is 1.75. The van der Waals surface area contributed by atoms with E-state index in [1.54, 1.807) is 0 Å². The van der Waals surface area contributed by atoms with Gasteiger partial charge in [-0.15, -0.1) is 0 Å². The van der Waals surface area contributed by atoms with Crippen LogP contribution in [0.2, 0.25) is 0 Å². The van der Waals surface area contributed by atoms with E-state index < -0.39 is 23.7 Å². The highest BCUT2D eigenvalue weighted by Gasteiger charge is 2.54. The molecule has 4 fully saturated rings. The number of carbonyl (C=O) groups excluding carboxylic acids is 1. The molecule has 0 amide bonds. The zero-order chi connectivity index (χ0) is 26.8. The van der Waals surface area contributed by atoms with Gasteiger partial charge in [-0.2, -0.15) is 0 Å². The Morgan fingerprint density at radius 2 is 1.78 bits per heavy atom. The van der Waals surface area contributed by atoms with Crippen molar-refractivity contribution in [3.8, 4) is 0 Å². The smallest absolute Gasteiger partial charge is 0.141 e. The summed E-state index contributed by atoms with van der Waals surface area (Å²) in [6.45, 7) is 10.7. The van der Waals surface area contributed by atoms with Crippen molar-refractivity contribution >= 4 is 5.78 Å². The van der Waals surface area contributed by atoms with Gasteiger partial charge < -0.3 is 15.3 Å². The van der Waals surface area contributed by atoms with Gasteiger partial charge in [0.15, 0.2) is 0 Å². The molecule has 4 aliphatic carbocycles. The van der Waals surface area contributed by atoms with Gasteiger partial charge in [0.1, 0.15) is 5.78 Å². The highest BCUT2D eigenvalue weighted by molar-refractivity contribution is 5.88. The molecule has 0 spiro atoms. The number of ketones is 1. The summed E-state index contributed by atoms with van der Waals surface area (Å²) in [4.78, 5) is 12.8. The predicted molar refractivity (Wildman–Crippen MR) is 150 cm³/mol. The fraction of sp³-hybridized carbons (Fsp3) is 0.727. The molecule has 4 aliphatic rings. The summed E-state index contributed by atoms with van der Waals surface area (Å²) in [5, 5.41) is 31.4. The number of fused-ring (bicyclic) bond motifs is 1. The van der Waals surface area contributed by atoms with E-state index in [1.165, 1.54) is 31.3 Å². The first-order valence-corrected chi connectivity index (χ1v) is 15.0. The number of unbranched alkanes of at least 4 members (excludes halogenated alkanes) is 2. The standard InChI is InChI=1S/C33H50O4/c1-5-6-7-10-30(36)33(18-19-33)31(37)16-11-22(2)26-14-15-27-25(9-8-17-32(26,27)4)13-12-24-20-28(34)23(3)29(35)21-24/h11-13,16,22,26-29,31,34-35,37H,3,5-10,14-15,17-21H2,1-2,4H3/t22-,26-,27+,28-,29-,31-,32-/m1/s1. The quantitative estimate of drug-likeness (QED) is 0.228. The highest BCUT2D eigenvalue weighted by atomic mass is 16.3. The van der Waals surface area contributed by atoms with Gasteiger partial charge in [0, 0.05) is 6.42 Å². The van der Waals surface area contributed by atoms with Crippen LogP contribution in [0.15, 0.2) is 47.6 Å². The lowest BCUT2D eigenvalue weighted by Gasteiger charge is -2.44. The maximum absolute atomic E-state index is 12.8. The van der Waals surface area contributed by atoms with E-state index in [0.717, 1.165) is 44.1 Å². The van der Waals surface area contributed by atoms with Gasteiger partial charge in [-0.05, 0) is 93.0 Å². The normalized spacial score (nSPS) is 36.0. The molecule has 4 rings (SSSR count). The van der Waals surface area contributed by atoms with E-state index in [4.69, 9.17) is 0 Å². The van der Waals surface area contributed by atoms with Crippen LogP contribution in [0, 0.1) is 28.6 Å². The van der Waals surface area contributed by atoms with E-state index in [0.29, 0.717) is 42.6 Å². The number of aliphatic hydroxyl groups excluding tert-OH is 3. The topological polar surface area (TPSA) is 77.8 Å². The Kier molecular flexibility index (Phi) is 9.03. The lowest BCUT2D eigenvalue weighted by molar-refractivity contribution is -0.127. The summed E-state index contributed by atoms with van der Waals surface area (Å²) in [5.41, 5.74) is 2.89. The van der Waals surface area contributed by atoms with Crippen molar-refractivity contribution in [3.63, 3.8) is 0 Å². The fourth-order valence-electron chi connectivity index (χ4n) is 7.83. The minimum absolute atomic E-state index is 0.240. The first-order chi connectivity index (χ1) is 17.6. The van der Waals surface area contributed by atoms with Crippen molar-refractivity contribution in [2.75, 3.05) is 0 Å². The average Bonchev–Trinajstić information content (AvgIpc) is 3.60. The van der Waals surface area contributed by atoms with Crippen LogP contribution in [-0.2, 0) is 4.79 Å². The predicted octanol–water partition coefficient (Wildman–Crippen LogP) is 6.61. The summed E-state index contributed by atoms with van der Waals surface area (Å²) >= 11 is 0. The molecule has 37 heavy (non-hydrogen) atoms. The lowest BCUT2D eigenvalue weighted by Crippen LogP contribution is -2.35. The van der Waals surface area contributed by atoms with Crippen LogP contribution in [0.25, 0.3) is 0 Å². The number of rotatable bonds is 10. The first-order valence-electron chi connectivity index (χ1n) is 15.0. The van der Waals surface area contributed by atoms with Crippen LogP contribution in [-0.4, -0.2) is 39.4 Å². The van der Waals surface area contributed by atoms with Crippen LogP contribution in [0.1, 0.15) is 104 Å². The third kappa shape index (κ3) is 5.92. The van der Waals surface area contributed by atoms with Gasteiger partial charge in [0.2, 0.25) is 0 Å². The van der Waals surface area contributed by atoms with Gasteiger partial charge in [-0.3, -0.25) is 4.79 Å². The second-order valence-electron chi connectivity index (χ2n) is 12.9. The van der Waals surface area contributed by atoms with Crippen LogP contribution < -0.4 is 0 Å². The molecule has 0 unspecified atom stereocenters. The van der Waals surface area contributed by atoms with Crippen molar-refractivity contribution < 1.29 is 20.1 Å². The summed E-state index contributed by atoms with van der Waals surface area (Å²) in [7, 11) is 0. The average molecular weight is 511 g/mol. The van der Waals surface area contributed by atoms with Gasteiger partial charge in [-0.25, -0.2) is 0 Å². The zero-order valence-electron chi connectivity index (χ0n) is 23.4. The number of hydrogen-bond donors (Lipinski definition) is 3. The Hall–Kier alpha value is -1.49. The van der Waals surface area contributed by atoms with Crippen molar-refractivity contribution in [2.45, 2.75) is 123 Å². The Bertz CT molecular complexity index is 922. The molecule has 0 aromatic rings. The minimum atomic E-state index is -0.653. The van der Waals surface area contributed by atoms with E-state index in [-0.39, 0.29) is 11.2 Å². The summed E-state index contributed by atoms with van der Waals surface area (Å²) in [6, 6.07) is 0. The molecular formula is C33H50O4. The number of Topliss-reactive ketones (excluding diaryl/α,β-unsaturated/α-hetero) is 1. The van der Waals surface area contributed by atoms with Gasteiger partial charge in [-0.1, -0.05) is 75.6 Å². The highest BCUT2D eigenvalue weighted by Crippen LogP contribution is 2.59. The van der Waals surface area contributed by atoms with Crippen molar-refractivity contribution in [3.05, 3.63) is 47.6 Å². The summed E-state index contributed by atoms with van der Waals surface area (Å²) in [6.07, 6.45) is 19.1. The molecular weight excluding hydrogens is 460 g/mol. The third-order valence-corrected chi connectivity index (χ3v) is 10.5. The number of aliphatic hydroxyl groups is 3. The molecule has 0 heterocycles. The number of hydrogen-bond acceptors (Lipinski definition) is 4. The molecule has 4 saturated carbocycles. The Morgan fingerprint density at radius 3 is 2.43 bits per heavy atom. The maximum atomic E-state index is 12.8. The maximum Gasteiger partial charge on any atom is 0.141 e. The Morgan fingerprint density at radius 1 is 1.08 bits per heavy atom. The third-order valence-electron chi connectivity index (χ3n) is 10.5. The molecule has 0 saturated heterocycles. The van der Waals surface area contributed by atoms with Crippen LogP contribution in [0.3, 0.4) is 0 Å². The molecule has 206 valence electrons. The molecule has 3 N–H and O–H groups in total. The van der Waals surface area contributed by atoms with Crippen LogP contribution in [0.5, 0.6) is 0 Å². The van der Waals surface area contributed by atoms with Crippen molar-refractivity contribution in [1.29, 1.82) is 0 Å². The van der Waals surface area contributed by atoms with Crippen LogP contribution >= 0.6 is 0 Å². The van der Waals surface area contributed by atoms with E-state index in [1.807, 2.05) is 6.08 Å². The molecule has 0 aromatic carbocycles. The minimum Gasteiger partial charge on any atom is -0.388 e. The largest absolute Gasteiger partial charge is 0.388 e. The molecule has 0 aromatic heterocycles. The fourth-order valence-corrected chi connectivity index (χ4v) is 7.83. The zero-order valence-corrected chi connectivity index (χ0v) is 23.4. The van der Waals surface area contributed by atoms with Gasteiger partial charge in [0.25, 0.3) is 0 Å². The Balaban J connectivity index is 1.40. The molecule has 0 bridgehead atoms.